The Labute approximate surface area is 143 Å². The zero-order chi connectivity index (χ0) is 17.1. The van der Waals surface area contributed by atoms with E-state index in [-0.39, 0.29) is 23.8 Å². The molecule has 1 amide bonds. The van der Waals surface area contributed by atoms with Gasteiger partial charge in [-0.1, -0.05) is 24.3 Å². The number of fused-ring (bicyclic) bond motifs is 1. The van der Waals surface area contributed by atoms with Crippen molar-refractivity contribution in [1.82, 2.24) is 9.80 Å². The minimum atomic E-state index is -0.150. The highest BCUT2D eigenvalue weighted by Crippen LogP contribution is 2.23. The number of ether oxygens (including phenoxy) is 1. The Bertz CT molecular complexity index is 608. The summed E-state index contributed by atoms with van der Waals surface area (Å²) in [4.78, 5) is 28.6. The summed E-state index contributed by atoms with van der Waals surface area (Å²) >= 11 is 0. The van der Waals surface area contributed by atoms with Crippen LogP contribution in [0.4, 0.5) is 0 Å². The zero-order valence-electron chi connectivity index (χ0n) is 14.5. The van der Waals surface area contributed by atoms with E-state index >= 15 is 0 Å². The van der Waals surface area contributed by atoms with E-state index in [9.17, 15) is 9.59 Å². The number of carbonyl (C=O) groups excluding carboxylic acids is 2. The number of hydrogen-bond donors (Lipinski definition) is 0. The molecule has 1 atom stereocenters. The van der Waals surface area contributed by atoms with Gasteiger partial charge in [-0.05, 0) is 37.3 Å². The van der Waals surface area contributed by atoms with E-state index in [1.807, 2.05) is 11.8 Å². The molecular weight excluding hydrogens is 304 g/mol. The van der Waals surface area contributed by atoms with Crippen molar-refractivity contribution in [2.24, 2.45) is 5.92 Å². The van der Waals surface area contributed by atoms with Crippen LogP contribution in [0.15, 0.2) is 24.3 Å². The molecule has 0 aliphatic carbocycles. The van der Waals surface area contributed by atoms with E-state index in [2.05, 4.69) is 29.2 Å². The lowest BCUT2D eigenvalue weighted by atomic mass is 9.96. The summed E-state index contributed by atoms with van der Waals surface area (Å²) in [6.45, 7) is 5.05. The first kappa shape index (κ1) is 17.0. The number of benzene rings is 1. The fourth-order valence-electron chi connectivity index (χ4n) is 3.77. The first-order chi connectivity index (χ1) is 11.6. The minimum Gasteiger partial charge on any atom is -0.469 e. The van der Waals surface area contributed by atoms with Crippen molar-refractivity contribution in [3.05, 3.63) is 35.4 Å². The molecule has 0 saturated carbocycles. The Hall–Kier alpha value is -1.88. The Morgan fingerprint density at radius 2 is 1.79 bits per heavy atom. The molecule has 5 nitrogen and oxygen atoms in total. The summed E-state index contributed by atoms with van der Waals surface area (Å²) in [5.74, 6) is -0.0308. The fraction of sp³-hybridized carbons (Fsp3) is 0.579. The second-order valence-corrected chi connectivity index (χ2v) is 6.79. The summed E-state index contributed by atoms with van der Waals surface area (Å²) in [5.41, 5.74) is 2.72. The highest BCUT2D eigenvalue weighted by Gasteiger charge is 2.32. The Balaban J connectivity index is 1.57. The van der Waals surface area contributed by atoms with Crippen molar-refractivity contribution in [3.63, 3.8) is 0 Å². The molecule has 1 saturated heterocycles. The van der Waals surface area contributed by atoms with E-state index in [1.165, 1.54) is 18.2 Å². The maximum atomic E-state index is 12.8. The molecule has 2 heterocycles. The lowest BCUT2D eigenvalue weighted by Gasteiger charge is -2.37. The largest absolute Gasteiger partial charge is 0.469 e. The number of hydrogen-bond acceptors (Lipinski definition) is 4. The highest BCUT2D eigenvalue weighted by molar-refractivity contribution is 5.82. The smallest absolute Gasteiger partial charge is 0.308 e. The molecule has 1 aromatic rings. The minimum absolute atomic E-state index is 0.0591. The van der Waals surface area contributed by atoms with Crippen molar-refractivity contribution >= 4 is 11.9 Å². The lowest BCUT2D eigenvalue weighted by Crippen LogP contribution is -2.51. The highest BCUT2D eigenvalue weighted by atomic mass is 16.5. The maximum Gasteiger partial charge on any atom is 0.308 e. The number of likely N-dealkylation sites (tertiary alicyclic amines) is 1. The fourth-order valence-corrected chi connectivity index (χ4v) is 3.77. The predicted molar refractivity (Wildman–Crippen MR) is 91.3 cm³/mol. The maximum absolute atomic E-state index is 12.8. The van der Waals surface area contributed by atoms with E-state index < -0.39 is 0 Å². The third-order valence-corrected chi connectivity index (χ3v) is 5.41. The van der Waals surface area contributed by atoms with Gasteiger partial charge in [-0.3, -0.25) is 14.5 Å². The van der Waals surface area contributed by atoms with Crippen LogP contribution in [0.25, 0.3) is 0 Å². The molecule has 1 unspecified atom stereocenters. The summed E-state index contributed by atoms with van der Waals surface area (Å²) in [7, 11) is 1.43. The second kappa shape index (κ2) is 7.34. The van der Waals surface area contributed by atoms with Gasteiger partial charge in [0.15, 0.2) is 0 Å². The number of carbonyl (C=O) groups is 2. The zero-order valence-corrected chi connectivity index (χ0v) is 14.5. The standard InChI is InChI=1S/C19H26N2O3/c1-14(21-12-7-15-5-3-4-6-17(15)13-21)18(22)20-10-8-16(9-11-20)19(23)24-2/h3-6,14,16H,7-13H2,1-2H3. The van der Waals surface area contributed by atoms with E-state index in [1.54, 1.807) is 0 Å². The number of rotatable bonds is 3. The Morgan fingerprint density at radius 1 is 1.12 bits per heavy atom. The molecule has 1 aromatic carbocycles. The quantitative estimate of drug-likeness (QED) is 0.794. The Morgan fingerprint density at radius 3 is 2.46 bits per heavy atom. The molecule has 5 heteroatoms. The average molecular weight is 330 g/mol. The van der Waals surface area contributed by atoms with Crippen molar-refractivity contribution in [3.8, 4) is 0 Å². The summed E-state index contributed by atoms with van der Waals surface area (Å²) in [6, 6.07) is 8.35. The number of methoxy groups -OCH3 is 1. The molecule has 3 rings (SSSR count). The first-order valence-corrected chi connectivity index (χ1v) is 8.77. The van der Waals surface area contributed by atoms with Crippen molar-refractivity contribution < 1.29 is 14.3 Å². The van der Waals surface area contributed by atoms with E-state index in [0.29, 0.717) is 25.9 Å². The third kappa shape index (κ3) is 3.46. The van der Waals surface area contributed by atoms with Gasteiger partial charge in [-0.15, -0.1) is 0 Å². The van der Waals surface area contributed by atoms with E-state index in [4.69, 9.17) is 4.74 Å². The molecule has 0 spiro atoms. The van der Waals surface area contributed by atoms with Gasteiger partial charge in [0, 0.05) is 26.2 Å². The van der Waals surface area contributed by atoms with Crippen molar-refractivity contribution in [1.29, 1.82) is 0 Å². The van der Waals surface area contributed by atoms with Crippen LogP contribution in [0, 0.1) is 5.92 Å². The van der Waals surface area contributed by atoms with Crippen LogP contribution in [0.5, 0.6) is 0 Å². The monoisotopic (exact) mass is 330 g/mol. The van der Waals surface area contributed by atoms with Crippen LogP contribution in [0.3, 0.4) is 0 Å². The van der Waals surface area contributed by atoms with Crippen LogP contribution in [0.1, 0.15) is 30.9 Å². The summed E-state index contributed by atoms with van der Waals surface area (Å²) < 4.78 is 4.81. The number of amides is 1. The number of nitrogens with zero attached hydrogens (tertiary/aromatic N) is 2. The topological polar surface area (TPSA) is 49.9 Å². The van der Waals surface area contributed by atoms with Gasteiger partial charge >= 0.3 is 5.97 Å². The third-order valence-electron chi connectivity index (χ3n) is 5.41. The summed E-state index contributed by atoms with van der Waals surface area (Å²) in [5, 5.41) is 0. The normalized spacial score (nSPS) is 20.3. The predicted octanol–water partition coefficient (Wildman–Crippen LogP) is 1.84. The van der Waals surface area contributed by atoms with Crippen molar-refractivity contribution in [2.75, 3.05) is 26.7 Å². The molecule has 130 valence electrons. The molecule has 0 N–H and O–H groups in total. The SMILES string of the molecule is COC(=O)C1CCN(C(=O)C(C)N2CCc3ccccc3C2)CC1. The van der Waals surface area contributed by atoms with Crippen molar-refractivity contribution in [2.45, 2.75) is 38.8 Å². The van der Waals surface area contributed by atoms with Crippen LogP contribution in [-0.2, 0) is 27.3 Å². The van der Waals surface area contributed by atoms with Gasteiger partial charge in [-0.25, -0.2) is 0 Å². The van der Waals surface area contributed by atoms with Gasteiger partial charge in [-0.2, -0.15) is 0 Å². The average Bonchev–Trinajstić information content (AvgIpc) is 2.66. The molecule has 1 fully saturated rings. The molecule has 2 aliphatic heterocycles. The molecule has 0 radical (unpaired) electrons. The second-order valence-electron chi connectivity index (χ2n) is 6.79. The number of esters is 1. The number of piperidine rings is 1. The van der Waals surface area contributed by atoms with Crippen LogP contribution >= 0.6 is 0 Å². The molecule has 24 heavy (non-hydrogen) atoms. The Kier molecular flexibility index (Phi) is 5.19. The molecule has 2 aliphatic rings. The van der Waals surface area contributed by atoms with Crippen LogP contribution in [-0.4, -0.2) is 54.5 Å². The van der Waals surface area contributed by atoms with Gasteiger partial charge in [0.05, 0.1) is 19.1 Å². The van der Waals surface area contributed by atoms with Crippen LogP contribution in [0.2, 0.25) is 0 Å². The van der Waals surface area contributed by atoms with Gasteiger partial charge in [0.2, 0.25) is 5.91 Å². The van der Waals surface area contributed by atoms with Crippen LogP contribution < -0.4 is 0 Å². The van der Waals surface area contributed by atoms with Gasteiger partial charge in [0.25, 0.3) is 0 Å². The molecule has 0 bridgehead atoms. The lowest BCUT2D eigenvalue weighted by molar-refractivity contribution is -0.149. The van der Waals surface area contributed by atoms with Gasteiger partial charge in [0.1, 0.15) is 0 Å². The summed E-state index contributed by atoms with van der Waals surface area (Å²) in [6.07, 6.45) is 2.40. The van der Waals surface area contributed by atoms with E-state index in [0.717, 1.165) is 19.5 Å². The molecule has 0 aromatic heterocycles. The molecular formula is C19H26N2O3. The van der Waals surface area contributed by atoms with Gasteiger partial charge < -0.3 is 9.64 Å². The first-order valence-electron chi connectivity index (χ1n) is 8.77.